The van der Waals surface area contributed by atoms with Gasteiger partial charge in [0.15, 0.2) is 0 Å². The summed E-state index contributed by atoms with van der Waals surface area (Å²) in [5.41, 5.74) is 1.53. The molecule has 8 nitrogen and oxygen atoms in total. The van der Waals surface area contributed by atoms with Crippen molar-refractivity contribution in [2.75, 3.05) is 0 Å². The molecule has 4 amide bonds. The van der Waals surface area contributed by atoms with Crippen LogP contribution in [0.2, 0.25) is 0 Å². The van der Waals surface area contributed by atoms with Gasteiger partial charge in [-0.1, -0.05) is 5.16 Å². The molecule has 1 atom stereocenters. The molecule has 0 bridgehead atoms. The van der Waals surface area contributed by atoms with Crippen LogP contribution in [0.3, 0.4) is 0 Å². The van der Waals surface area contributed by atoms with Crippen LogP contribution in [0.25, 0.3) is 0 Å². The zero-order valence-electron chi connectivity index (χ0n) is 10.6. The topological polar surface area (TPSA) is 113 Å². The molecule has 0 aliphatic carbocycles. The zero-order chi connectivity index (χ0) is 14.0. The molecular formula is C11H14N4O4. The molecule has 1 aliphatic rings. The second-order valence-electron chi connectivity index (χ2n) is 4.30. The summed E-state index contributed by atoms with van der Waals surface area (Å²) in [6.45, 7) is 3.82. The second-order valence-corrected chi connectivity index (χ2v) is 4.30. The molecule has 0 aromatic carbocycles. The number of hydrogen-bond acceptors (Lipinski definition) is 5. The molecule has 1 aromatic rings. The van der Waals surface area contributed by atoms with Gasteiger partial charge in [-0.05, 0) is 13.8 Å². The molecule has 19 heavy (non-hydrogen) atoms. The molecule has 0 saturated carbocycles. The van der Waals surface area contributed by atoms with Crippen LogP contribution in [0.4, 0.5) is 4.79 Å². The Balaban J connectivity index is 1.85. The fourth-order valence-corrected chi connectivity index (χ4v) is 1.80. The van der Waals surface area contributed by atoms with E-state index in [1.54, 1.807) is 13.8 Å². The minimum Gasteiger partial charge on any atom is -0.361 e. The van der Waals surface area contributed by atoms with Gasteiger partial charge >= 0.3 is 6.03 Å². The summed E-state index contributed by atoms with van der Waals surface area (Å²) in [6.07, 6.45) is -0.0963. The fraction of sp³-hybridized carbons (Fsp3) is 0.455. The van der Waals surface area contributed by atoms with Gasteiger partial charge in [0.2, 0.25) is 5.91 Å². The fourth-order valence-electron chi connectivity index (χ4n) is 1.80. The summed E-state index contributed by atoms with van der Waals surface area (Å²) in [5, 5.41) is 10.9. The Bertz CT molecular complexity index is 517. The van der Waals surface area contributed by atoms with Crippen LogP contribution in [0, 0.1) is 13.8 Å². The van der Waals surface area contributed by atoms with Crippen LogP contribution < -0.4 is 16.0 Å². The number of nitrogens with one attached hydrogen (secondary N) is 3. The number of aromatic nitrogens is 1. The lowest BCUT2D eigenvalue weighted by Gasteiger charge is -2.08. The Morgan fingerprint density at radius 3 is 2.68 bits per heavy atom. The number of aryl methyl sites for hydroxylation is 2. The lowest BCUT2D eigenvalue weighted by atomic mass is 10.2. The third kappa shape index (κ3) is 2.90. The van der Waals surface area contributed by atoms with Crippen molar-refractivity contribution < 1.29 is 18.9 Å². The van der Waals surface area contributed by atoms with Crippen LogP contribution >= 0.6 is 0 Å². The van der Waals surface area contributed by atoms with Crippen molar-refractivity contribution in [3.63, 3.8) is 0 Å². The molecule has 1 fully saturated rings. The van der Waals surface area contributed by atoms with Crippen molar-refractivity contribution in [2.24, 2.45) is 0 Å². The van der Waals surface area contributed by atoms with Gasteiger partial charge in [0.1, 0.15) is 11.8 Å². The van der Waals surface area contributed by atoms with E-state index in [1.807, 2.05) is 0 Å². The molecule has 102 valence electrons. The van der Waals surface area contributed by atoms with Crippen molar-refractivity contribution >= 4 is 17.8 Å². The highest BCUT2D eigenvalue weighted by Crippen LogP contribution is 2.11. The predicted molar refractivity (Wildman–Crippen MR) is 62.9 cm³/mol. The first-order valence-corrected chi connectivity index (χ1v) is 5.77. The van der Waals surface area contributed by atoms with Gasteiger partial charge in [0.05, 0.1) is 12.1 Å². The first-order chi connectivity index (χ1) is 8.97. The predicted octanol–water partition coefficient (Wildman–Crippen LogP) is -0.494. The summed E-state index contributed by atoms with van der Waals surface area (Å²) < 4.78 is 4.97. The van der Waals surface area contributed by atoms with Crippen LogP contribution in [0.1, 0.15) is 23.4 Å². The molecule has 0 radical (unpaired) electrons. The van der Waals surface area contributed by atoms with Gasteiger partial charge in [-0.25, -0.2) is 4.79 Å². The number of rotatable bonds is 4. The highest BCUT2D eigenvalue weighted by atomic mass is 16.5. The Labute approximate surface area is 108 Å². The highest BCUT2D eigenvalue weighted by Gasteiger charge is 2.31. The lowest BCUT2D eigenvalue weighted by molar-refractivity contribution is -0.126. The van der Waals surface area contributed by atoms with Crippen molar-refractivity contribution in [1.82, 2.24) is 21.1 Å². The van der Waals surface area contributed by atoms with Crippen molar-refractivity contribution in [2.45, 2.75) is 32.9 Å². The average molecular weight is 266 g/mol. The van der Waals surface area contributed by atoms with E-state index < -0.39 is 18.0 Å². The van der Waals surface area contributed by atoms with Gasteiger partial charge < -0.3 is 15.2 Å². The summed E-state index contributed by atoms with van der Waals surface area (Å²) in [5.74, 6) is -0.176. The van der Waals surface area contributed by atoms with E-state index in [1.165, 1.54) is 0 Å². The molecule has 3 N–H and O–H groups in total. The van der Waals surface area contributed by atoms with E-state index in [-0.39, 0.29) is 18.9 Å². The number of carbonyl (C=O) groups is 3. The maximum atomic E-state index is 11.7. The first kappa shape index (κ1) is 13.1. The largest absolute Gasteiger partial charge is 0.361 e. The third-order valence-corrected chi connectivity index (χ3v) is 2.89. The Hall–Kier alpha value is -2.38. The molecular weight excluding hydrogens is 252 g/mol. The summed E-state index contributed by atoms with van der Waals surface area (Å²) in [6, 6.07) is -1.38. The van der Waals surface area contributed by atoms with E-state index >= 15 is 0 Å². The van der Waals surface area contributed by atoms with E-state index in [0.29, 0.717) is 11.5 Å². The first-order valence-electron chi connectivity index (χ1n) is 5.77. The Morgan fingerprint density at radius 2 is 2.16 bits per heavy atom. The SMILES string of the molecule is Cc1noc(C)c1CNC(=O)CC1NC(=O)NC1=O. The summed E-state index contributed by atoms with van der Waals surface area (Å²) in [7, 11) is 0. The van der Waals surface area contributed by atoms with Gasteiger partial charge in [-0.2, -0.15) is 0 Å². The number of hydrogen-bond donors (Lipinski definition) is 3. The maximum absolute atomic E-state index is 11.7. The van der Waals surface area contributed by atoms with E-state index in [9.17, 15) is 14.4 Å². The van der Waals surface area contributed by atoms with E-state index in [0.717, 1.165) is 5.56 Å². The summed E-state index contributed by atoms with van der Waals surface area (Å²) >= 11 is 0. The molecule has 1 aromatic heterocycles. The highest BCUT2D eigenvalue weighted by molar-refractivity contribution is 6.05. The quantitative estimate of drug-likeness (QED) is 0.636. The smallest absolute Gasteiger partial charge is 0.322 e. The number of imide groups is 1. The van der Waals surface area contributed by atoms with Crippen LogP contribution in [-0.2, 0) is 16.1 Å². The summed E-state index contributed by atoms with van der Waals surface area (Å²) in [4.78, 5) is 33.8. The maximum Gasteiger partial charge on any atom is 0.322 e. The van der Waals surface area contributed by atoms with Gasteiger partial charge in [-0.3, -0.25) is 14.9 Å². The third-order valence-electron chi connectivity index (χ3n) is 2.89. The van der Waals surface area contributed by atoms with Gasteiger partial charge in [0, 0.05) is 12.1 Å². The number of carbonyl (C=O) groups excluding carboxylic acids is 3. The van der Waals surface area contributed by atoms with E-state index in [2.05, 4.69) is 21.1 Å². The molecule has 2 rings (SSSR count). The van der Waals surface area contributed by atoms with Crippen LogP contribution in [-0.4, -0.2) is 29.0 Å². The molecule has 1 saturated heterocycles. The zero-order valence-corrected chi connectivity index (χ0v) is 10.6. The minimum atomic E-state index is -0.808. The van der Waals surface area contributed by atoms with E-state index in [4.69, 9.17) is 4.52 Å². The number of urea groups is 1. The number of nitrogens with zero attached hydrogens (tertiary/aromatic N) is 1. The molecule has 0 spiro atoms. The average Bonchev–Trinajstić information content (AvgIpc) is 2.81. The Morgan fingerprint density at radius 1 is 1.42 bits per heavy atom. The minimum absolute atomic E-state index is 0.0963. The van der Waals surface area contributed by atoms with Gasteiger partial charge in [0.25, 0.3) is 5.91 Å². The second kappa shape index (κ2) is 5.09. The monoisotopic (exact) mass is 266 g/mol. The normalized spacial score (nSPS) is 18.1. The Kier molecular flexibility index (Phi) is 3.50. The molecule has 1 unspecified atom stereocenters. The van der Waals surface area contributed by atoms with Gasteiger partial charge in [-0.15, -0.1) is 0 Å². The van der Waals surface area contributed by atoms with Crippen LogP contribution in [0.5, 0.6) is 0 Å². The molecule has 2 heterocycles. The van der Waals surface area contributed by atoms with Crippen molar-refractivity contribution in [1.29, 1.82) is 0 Å². The van der Waals surface area contributed by atoms with Crippen LogP contribution in [0.15, 0.2) is 4.52 Å². The number of amides is 4. The molecule has 8 heteroatoms. The standard InChI is InChI=1S/C11H14N4O4/c1-5-7(6(2)19-15-5)4-12-9(16)3-8-10(17)14-11(18)13-8/h8H,3-4H2,1-2H3,(H,12,16)(H2,13,14,17,18). The van der Waals surface area contributed by atoms with Crippen molar-refractivity contribution in [3.8, 4) is 0 Å². The lowest BCUT2D eigenvalue weighted by Crippen LogP contribution is -2.36. The van der Waals surface area contributed by atoms with Crippen molar-refractivity contribution in [3.05, 3.63) is 17.0 Å². The molecule has 1 aliphatic heterocycles.